The van der Waals surface area contributed by atoms with Crippen LogP contribution in [-0.4, -0.2) is 26.5 Å². The van der Waals surface area contributed by atoms with Crippen molar-refractivity contribution in [3.05, 3.63) is 77.7 Å². The molecule has 1 atom stereocenters. The Bertz CT molecular complexity index is 1050. The van der Waals surface area contributed by atoms with Gasteiger partial charge in [0.15, 0.2) is 0 Å². The first-order valence-electron chi connectivity index (χ1n) is 10.4. The fourth-order valence-corrected chi connectivity index (χ4v) is 4.47. The number of para-hydroxylation sites is 1. The number of pyridine rings is 1. The highest BCUT2D eigenvalue weighted by atomic mass is 32.2. The molecule has 4 rings (SSSR count). The van der Waals surface area contributed by atoms with Gasteiger partial charge in [0.05, 0.1) is 23.0 Å². The molecule has 2 aromatic heterocycles. The van der Waals surface area contributed by atoms with Crippen molar-refractivity contribution in [2.75, 3.05) is 10.8 Å². The number of nitrogens with zero attached hydrogens (tertiary/aromatic N) is 4. The zero-order valence-corrected chi connectivity index (χ0v) is 18.5. The van der Waals surface area contributed by atoms with Crippen molar-refractivity contribution in [1.82, 2.24) is 25.6 Å². The summed E-state index contributed by atoms with van der Waals surface area (Å²) in [5, 5.41) is 6.97. The third-order valence-electron chi connectivity index (χ3n) is 5.14. The summed E-state index contributed by atoms with van der Waals surface area (Å²) >= 11 is 1.74. The molecule has 7 nitrogen and oxygen atoms in total. The summed E-state index contributed by atoms with van der Waals surface area (Å²) < 4.78 is 1.98. The van der Waals surface area contributed by atoms with E-state index in [1.165, 1.54) is 0 Å². The monoisotopic (exact) mass is 434 g/mol. The van der Waals surface area contributed by atoms with E-state index >= 15 is 0 Å². The average molecular weight is 435 g/mol. The second-order valence-electron chi connectivity index (χ2n) is 7.09. The molecular formula is C23H26N6OS. The molecule has 1 amide bonds. The maximum atomic E-state index is 12.1. The Kier molecular flexibility index (Phi) is 6.69. The molecule has 0 fully saturated rings. The minimum atomic E-state index is -0.256. The van der Waals surface area contributed by atoms with E-state index in [2.05, 4.69) is 51.3 Å². The number of hydrazine groups is 1. The highest BCUT2D eigenvalue weighted by Crippen LogP contribution is 2.37. The van der Waals surface area contributed by atoms with Crippen molar-refractivity contribution in [3.63, 3.8) is 0 Å². The number of carbonyl (C=O) groups excluding carboxylic acids is 1. The van der Waals surface area contributed by atoms with Crippen LogP contribution in [0.15, 0.2) is 72.0 Å². The van der Waals surface area contributed by atoms with Crippen LogP contribution in [0.5, 0.6) is 0 Å². The average Bonchev–Trinajstić information content (AvgIpc) is 3.48. The second-order valence-corrected chi connectivity index (χ2v) is 7.91. The molecule has 1 unspecified atom stereocenters. The Morgan fingerprint density at radius 1 is 1.16 bits per heavy atom. The van der Waals surface area contributed by atoms with Crippen molar-refractivity contribution < 1.29 is 4.79 Å². The normalized spacial score (nSPS) is 14.4. The Labute approximate surface area is 186 Å². The molecule has 1 aliphatic heterocycles. The van der Waals surface area contributed by atoms with Gasteiger partial charge in [0.1, 0.15) is 6.04 Å². The molecule has 0 saturated heterocycles. The van der Waals surface area contributed by atoms with Gasteiger partial charge in [-0.05, 0) is 42.7 Å². The molecule has 1 aromatic carbocycles. The molecule has 31 heavy (non-hydrogen) atoms. The van der Waals surface area contributed by atoms with Crippen molar-refractivity contribution in [3.8, 4) is 11.3 Å². The lowest BCUT2D eigenvalue weighted by molar-refractivity contribution is -0.121. The van der Waals surface area contributed by atoms with Crippen molar-refractivity contribution >= 4 is 23.4 Å². The van der Waals surface area contributed by atoms with E-state index in [1.54, 1.807) is 24.2 Å². The van der Waals surface area contributed by atoms with Crippen LogP contribution in [0.3, 0.4) is 0 Å². The van der Waals surface area contributed by atoms with E-state index < -0.39 is 0 Å². The van der Waals surface area contributed by atoms with Gasteiger partial charge in [-0.2, -0.15) is 5.10 Å². The first-order valence-corrected chi connectivity index (χ1v) is 11.4. The van der Waals surface area contributed by atoms with Gasteiger partial charge in [0, 0.05) is 36.6 Å². The van der Waals surface area contributed by atoms with E-state index in [9.17, 15) is 4.79 Å². The van der Waals surface area contributed by atoms with Gasteiger partial charge in [-0.15, -0.1) is 11.8 Å². The Hall–Kier alpha value is -3.10. The zero-order valence-electron chi connectivity index (χ0n) is 17.7. The van der Waals surface area contributed by atoms with Crippen molar-refractivity contribution in [2.45, 2.75) is 32.9 Å². The van der Waals surface area contributed by atoms with Crippen LogP contribution < -0.4 is 15.8 Å². The predicted octanol–water partition coefficient (Wildman–Crippen LogP) is 4.09. The number of nitrogens with one attached hydrogen (secondary N) is 2. The zero-order chi connectivity index (χ0) is 21.6. The second kappa shape index (κ2) is 9.80. The maximum Gasteiger partial charge on any atom is 0.233 e. The lowest BCUT2D eigenvalue weighted by atomic mass is 10.1. The number of hydrogen-bond acceptors (Lipinski definition) is 6. The Morgan fingerprint density at radius 2 is 1.94 bits per heavy atom. The number of anilines is 1. The summed E-state index contributed by atoms with van der Waals surface area (Å²) in [5.41, 5.74) is 11.2. The highest BCUT2D eigenvalue weighted by molar-refractivity contribution is 8.02. The van der Waals surface area contributed by atoms with Crippen molar-refractivity contribution in [1.29, 1.82) is 0 Å². The number of aromatic nitrogens is 3. The van der Waals surface area contributed by atoms with Gasteiger partial charge in [0.2, 0.25) is 5.91 Å². The lowest BCUT2D eigenvalue weighted by Gasteiger charge is -2.29. The van der Waals surface area contributed by atoms with Crippen LogP contribution in [0, 0.1) is 0 Å². The molecule has 3 heterocycles. The molecule has 3 aromatic rings. The standard InChI is InChI=1S/C23H26N6OS/c1-3-22(30)25-26-23(21-15-31-16-28(21)18-8-6-5-7-9-18)20-14-19(27-29(20)4-2)17-10-12-24-13-11-17/h5-15,23,26H,3-4,16H2,1-2H3,(H,25,30). The molecule has 0 saturated carbocycles. The third kappa shape index (κ3) is 4.65. The fourth-order valence-electron chi connectivity index (χ4n) is 3.51. The van der Waals surface area contributed by atoms with Gasteiger partial charge in [0.25, 0.3) is 0 Å². The first-order chi connectivity index (χ1) is 15.2. The molecular weight excluding hydrogens is 408 g/mol. The van der Waals surface area contributed by atoms with E-state index in [-0.39, 0.29) is 11.9 Å². The number of carbonyl (C=O) groups is 1. The van der Waals surface area contributed by atoms with Gasteiger partial charge < -0.3 is 4.90 Å². The molecule has 2 N–H and O–H groups in total. The van der Waals surface area contributed by atoms with Crippen LogP contribution in [0.1, 0.15) is 32.0 Å². The van der Waals surface area contributed by atoms with Crippen LogP contribution >= 0.6 is 11.8 Å². The number of aryl methyl sites for hydroxylation is 1. The van der Waals surface area contributed by atoms with Gasteiger partial charge >= 0.3 is 0 Å². The fraction of sp³-hybridized carbons (Fsp3) is 0.261. The summed E-state index contributed by atoms with van der Waals surface area (Å²) in [7, 11) is 0. The smallest absolute Gasteiger partial charge is 0.233 e. The summed E-state index contributed by atoms with van der Waals surface area (Å²) in [6.45, 7) is 4.62. The topological polar surface area (TPSA) is 75.1 Å². The van der Waals surface area contributed by atoms with E-state index in [0.717, 1.165) is 34.2 Å². The predicted molar refractivity (Wildman–Crippen MR) is 125 cm³/mol. The summed E-state index contributed by atoms with van der Waals surface area (Å²) in [5.74, 6) is 0.760. The Morgan fingerprint density at radius 3 is 2.65 bits per heavy atom. The molecule has 1 aliphatic rings. The van der Waals surface area contributed by atoms with Crippen LogP contribution in [0.4, 0.5) is 5.69 Å². The summed E-state index contributed by atoms with van der Waals surface area (Å²) in [6, 6.07) is 16.0. The number of benzene rings is 1. The van der Waals surface area contributed by atoms with Crippen LogP contribution in [0.25, 0.3) is 11.3 Å². The van der Waals surface area contributed by atoms with Crippen LogP contribution in [-0.2, 0) is 11.3 Å². The Balaban J connectivity index is 1.73. The summed E-state index contributed by atoms with van der Waals surface area (Å²) in [6.07, 6.45) is 3.94. The number of rotatable bonds is 8. The number of hydrogen-bond donors (Lipinski definition) is 2. The quantitative estimate of drug-likeness (QED) is 0.520. The molecule has 0 spiro atoms. The van der Waals surface area contributed by atoms with E-state index in [1.807, 2.05) is 41.9 Å². The lowest BCUT2D eigenvalue weighted by Crippen LogP contribution is -2.43. The molecule has 0 aliphatic carbocycles. The minimum Gasteiger partial charge on any atom is -0.333 e. The SMILES string of the molecule is CCC(=O)NNC(C1=CSCN1c1ccccc1)c1cc(-c2ccncc2)nn1CC. The third-order valence-corrected chi connectivity index (χ3v) is 5.96. The largest absolute Gasteiger partial charge is 0.333 e. The molecule has 0 radical (unpaired) electrons. The minimum absolute atomic E-state index is 0.0561. The first kappa shape index (κ1) is 21.1. The highest BCUT2D eigenvalue weighted by Gasteiger charge is 2.30. The van der Waals surface area contributed by atoms with E-state index in [0.29, 0.717) is 13.0 Å². The van der Waals surface area contributed by atoms with E-state index in [4.69, 9.17) is 5.10 Å². The van der Waals surface area contributed by atoms with Gasteiger partial charge in [-0.25, -0.2) is 5.43 Å². The molecule has 160 valence electrons. The van der Waals surface area contributed by atoms with Gasteiger partial charge in [-0.1, -0.05) is 25.1 Å². The van der Waals surface area contributed by atoms with Crippen LogP contribution in [0.2, 0.25) is 0 Å². The number of thioether (sulfide) groups is 1. The molecule has 8 heteroatoms. The maximum absolute atomic E-state index is 12.1. The van der Waals surface area contributed by atoms with Crippen molar-refractivity contribution in [2.24, 2.45) is 0 Å². The molecule has 0 bridgehead atoms. The number of amides is 1. The summed E-state index contributed by atoms with van der Waals surface area (Å²) in [4.78, 5) is 18.4. The van der Waals surface area contributed by atoms with Gasteiger partial charge in [-0.3, -0.25) is 19.9 Å².